The number of halogens is 3. The fourth-order valence-corrected chi connectivity index (χ4v) is 5.57. The van der Waals surface area contributed by atoms with Crippen molar-refractivity contribution in [3.63, 3.8) is 0 Å². The number of hydrogen-bond donors (Lipinski definition) is 4. The summed E-state index contributed by atoms with van der Waals surface area (Å²) in [5.41, 5.74) is 0. The molecule has 0 aromatic carbocycles. The number of piperazine rings is 1. The summed E-state index contributed by atoms with van der Waals surface area (Å²) in [6.45, 7) is 8.56. The van der Waals surface area contributed by atoms with Crippen LogP contribution < -0.4 is 21.3 Å². The SMILES string of the molecule is CC1CCC(CN2CCN(C3NC(NCC4CCC(C)O4)NC(OCC(F)(F)F)N3)CC2)CC1. The molecule has 34 heavy (non-hydrogen) atoms. The lowest BCUT2D eigenvalue weighted by atomic mass is 9.83. The van der Waals surface area contributed by atoms with Gasteiger partial charge in [0.15, 0.2) is 6.35 Å². The van der Waals surface area contributed by atoms with E-state index in [4.69, 9.17) is 9.47 Å². The van der Waals surface area contributed by atoms with Crippen molar-refractivity contribution >= 4 is 0 Å². The minimum absolute atomic E-state index is 0.118. The van der Waals surface area contributed by atoms with Crippen molar-refractivity contribution in [3.8, 4) is 0 Å². The van der Waals surface area contributed by atoms with Crippen LogP contribution in [0, 0.1) is 11.8 Å². The largest absolute Gasteiger partial charge is 0.411 e. The molecule has 0 amide bonds. The lowest BCUT2D eigenvalue weighted by molar-refractivity contribution is -0.202. The average Bonchev–Trinajstić information content (AvgIpc) is 3.23. The molecule has 4 N–H and O–H groups in total. The van der Waals surface area contributed by atoms with E-state index in [1.165, 1.54) is 25.7 Å². The number of ether oxygens (including phenoxy) is 2. The minimum Gasteiger partial charge on any atom is -0.374 e. The van der Waals surface area contributed by atoms with Crippen LogP contribution in [-0.2, 0) is 9.47 Å². The summed E-state index contributed by atoms with van der Waals surface area (Å²) in [6.07, 6.45) is 1.78. The van der Waals surface area contributed by atoms with Crippen LogP contribution in [0.2, 0.25) is 0 Å². The van der Waals surface area contributed by atoms with Gasteiger partial charge in [-0.05, 0) is 44.4 Å². The molecule has 5 unspecified atom stereocenters. The number of rotatable bonds is 8. The van der Waals surface area contributed by atoms with Crippen molar-refractivity contribution in [2.75, 3.05) is 45.9 Å². The first kappa shape index (κ1) is 26.5. The Balaban J connectivity index is 1.26. The van der Waals surface area contributed by atoms with E-state index in [1.807, 2.05) is 0 Å². The van der Waals surface area contributed by atoms with Gasteiger partial charge >= 0.3 is 6.18 Å². The maximum atomic E-state index is 12.8. The van der Waals surface area contributed by atoms with Gasteiger partial charge in [0.2, 0.25) is 0 Å². The zero-order chi connectivity index (χ0) is 24.1. The molecule has 4 rings (SSSR count). The Labute approximate surface area is 201 Å². The van der Waals surface area contributed by atoms with Crippen molar-refractivity contribution in [1.29, 1.82) is 0 Å². The van der Waals surface area contributed by atoms with E-state index in [-0.39, 0.29) is 24.8 Å². The maximum Gasteiger partial charge on any atom is 0.411 e. The molecular formula is C23H43F3N6O2. The number of nitrogens with one attached hydrogen (secondary N) is 4. The van der Waals surface area contributed by atoms with Crippen molar-refractivity contribution in [1.82, 2.24) is 31.1 Å². The van der Waals surface area contributed by atoms with E-state index in [9.17, 15) is 13.2 Å². The fraction of sp³-hybridized carbons (Fsp3) is 1.00. The second-order valence-electron chi connectivity index (χ2n) is 10.7. The summed E-state index contributed by atoms with van der Waals surface area (Å²) < 4.78 is 49.3. The Morgan fingerprint density at radius 3 is 2.32 bits per heavy atom. The molecule has 3 saturated heterocycles. The second-order valence-corrected chi connectivity index (χ2v) is 10.7. The molecule has 3 heterocycles. The molecule has 4 fully saturated rings. The first-order valence-corrected chi connectivity index (χ1v) is 13.1. The van der Waals surface area contributed by atoms with Crippen LogP contribution >= 0.6 is 0 Å². The van der Waals surface area contributed by atoms with Crippen molar-refractivity contribution in [2.45, 2.75) is 89.7 Å². The van der Waals surface area contributed by atoms with E-state index in [2.05, 4.69) is 44.9 Å². The van der Waals surface area contributed by atoms with Gasteiger partial charge in [0.1, 0.15) is 19.2 Å². The van der Waals surface area contributed by atoms with Gasteiger partial charge in [0.25, 0.3) is 0 Å². The van der Waals surface area contributed by atoms with Crippen LogP contribution in [-0.4, -0.2) is 93.0 Å². The third-order valence-electron chi connectivity index (χ3n) is 7.66. The van der Waals surface area contributed by atoms with Crippen LogP contribution in [0.15, 0.2) is 0 Å². The van der Waals surface area contributed by atoms with E-state index >= 15 is 0 Å². The minimum atomic E-state index is -4.37. The number of hydrogen-bond acceptors (Lipinski definition) is 8. The van der Waals surface area contributed by atoms with Gasteiger partial charge in [-0.25, -0.2) is 0 Å². The van der Waals surface area contributed by atoms with E-state index in [1.54, 1.807) is 0 Å². The number of nitrogens with zero attached hydrogens (tertiary/aromatic N) is 2. The zero-order valence-electron chi connectivity index (χ0n) is 20.6. The number of alkyl halides is 3. The van der Waals surface area contributed by atoms with Gasteiger partial charge in [-0.3, -0.25) is 26.2 Å². The highest BCUT2D eigenvalue weighted by molar-refractivity contribution is 4.85. The van der Waals surface area contributed by atoms with Gasteiger partial charge < -0.3 is 14.4 Å². The smallest absolute Gasteiger partial charge is 0.374 e. The molecular weight excluding hydrogens is 449 g/mol. The van der Waals surface area contributed by atoms with Crippen LogP contribution in [0.25, 0.3) is 0 Å². The molecule has 198 valence electrons. The molecule has 0 bridgehead atoms. The molecule has 0 aromatic rings. The summed E-state index contributed by atoms with van der Waals surface area (Å²) >= 11 is 0. The molecule has 0 spiro atoms. The Morgan fingerprint density at radius 1 is 0.941 bits per heavy atom. The summed E-state index contributed by atoms with van der Waals surface area (Å²) in [7, 11) is 0. The van der Waals surface area contributed by atoms with Crippen LogP contribution in [0.3, 0.4) is 0 Å². The molecule has 0 radical (unpaired) electrons. The van der Waals surface area contributed by atoms with Crippen LogP contribution in [0.1, 0.15) is 52.4 Å². The van der Waals surface area contributed by atoms with Crippen molar-refractivity contribution in [2.24, 2.45) is 11.8 Å². The Morgan fingerprint density at radius 2 is 1.68 bits per heavy atom. The molecule has 11 heteroatoms. The first-order valence-electron chi connectivity index (χ1n) is 13.1. The summed E-state index contributed by atoms with van der Waals surface area (Å²) in [5, 5.41) is 13.0. The Bertz CT molecular complexity index is 614. The van der Waals surface area contributed by atoms with Crippen molar-refractivity contribution < 1.29 is 22.6 Å². The van der Waals surface area contributed by atoms with Crippen molar-refractivity contribution in [3.05, 3.63) is 0 Å². The average molecular weight is 493 g/mol. The van der Waals surface area contributed by atoms with Gasteiger partial charge in [-0.2, -0.15) is 13.2 Å². The normalized spacial score (nSPS) is 38.9. The zero-order valence-corrected chi connectivity index (χ0v) is 20.6. The second kappa shape index (κ2) is 12.1. The predicted molar refractivity (Wildman–Crippen MR) is 123 cm³/mol. The summed E-state index contributed by atoms with van der Waals surface area (Å²) in [5.74, 6) is 1.66. The first-order chi connectivity index (χ1) is 16.2. The highest BCUT2D eigenvalue weighted by Gasteiger charge is 2.36. The third kappa shape index (κ3) is 8.26. The fourth-order valence-electron chi connectivity index (χ4n) is 5.57. The lowest BCUT2D eigenvalue weighted by Gasteiger charge is -2.46. The molecule has 1 aliphatic carbocycles. The Hall–Kier alpha value is -0.530. The van der Waals surface area contributed by atoms with Gasteiger partial charge in [-0.15, -0.1) is 0 Å². The van der Waals surface area contributed by atoms with E-state index < -0.39 is 19.1 Å². The van der Waals surface area contributed by atoms with E-state index in [0.29, 0.717) is 6.54 Å². The molecule has 3 aliphatic heterocycles. The molecule has 8 nitrogen and oxygen atoms in total. The highest BCUT2D eigenvalue weighted by Crippen LogP contribution is 2.29. The van der Waals surface area contributed by atoms with Gasteiger partial charge in [-0.1, -0.05) is 19.8 Å². The summed E-state index contributed by atoms with van der Waals surface area (Å²) in [6, 6.07) is 0. The predicted octanol–water partition coefficient (Wildman–Crippen LogP) is 1.80. The van der Waals surface area contributed by atoms with Crippen LogP contribution in [0.4, 0.5) is 13.2 Å². The van der Waals surface area contributed by atoms with Gasteiger partial charge in [0.05, 0.1) is 12.2 Å². The topological polar surface area (TPSA) is 73.1 Å². The Kier molecular flexibility index (Phi) is 9.47. The monoisotopic (exact) mass is 492 g/mol. The molecule has 5 atom stereocenters. The quantitative estimate of drug-likeness (QED) is 0.409. The summed E-state index contributed by atoms with van der Waals surface area (Å²) in [4.78, 5) is 4.80. The van der Waals surface area contributed by atoms with Gasteiger partial charge in [0, 0.05) is 39.3 Å². The highest BCUT2D eigenvalue weighted by atomic mass is 19.4. The van der Waals surface area contributed by atoms with Crippen LogP contribution in [0.5, 0.6) is 0 Å². The lowest BCUT2D eigenvalue weighted by Crippen LogP contribution is -2.76. The van der Waals surface area contributed by atoms with E-state index in [0.717, 1.165) is 57.4 Å². The molecule has 1 saturated carbocycles. The maximum absolute atomic E-state index is 12.8. The third-order valence-corrected chi connectivity index (χ3v) is 7.66. The molecule has 4 aliphatic rings. The standard InChI is InChI=1S/C23H43F3N6O2/c1-16-3-6-18(7-4-16)14-31-9-11-32(12-10-31)21-28-20(27-13-19-8-5-17(2)34-19)29-22(30-21)33-15-23(24,25)26/h16-22,27-30H,3-15H2,1-2H3. The molecule has 0 aromatic heterocycles.